The third-order valence-corrected chi connectivity index (χ3v) is 23.3. The SMILES string of the molecule is [2H]c1c([2H])c([2H])c(-c2nc(-c3ccc4c(N5c6ccc7ccccc7c6-c6cccc7cccc5c67)cccc4c3)nc(-c3ccc4c(c3)sc3ccccc34)n2)c([2H])c1[2H].c1ccc(-c2nc(-c3ccc(N4c5ccc6ccccc6c5-c5cccc6cccc4c56)c4ccccc34)nc(-c3cccc4c3oc3ccccc34)n2)cc1. The number of aromatic nitrogens is 6. The van der Waals surface area contributed by atoms with E-state index in [1.54, 1.807) is 11.3 Å². The molecule has 0 spiro atoms. The Morgan fingerprint density at radius 1 is 0.250 bits per heavy atom. The van der Waals surface area contributed by atoms with E-state index in [-0.39, 0.29) is 23.5 Å². The number of rotatable bonds is 8. The van der Waals surface area contributed by atoms with Gasteiger partial charge in [0.15, 0.2) is 34.9 Å². The smallest absolute Gasteiger partial charge is 0.167 e. The normalized spacial score (nSPS) is 12.9. The summed E-state index contributed by atoms with van der Waals surface area (Å²) >= 11 is 1.68. The van der Waals surface area contributed by atoms with E-state index in [2.05, 4.69) is 259 Å². The fraction of sp³-hybridized carbons (Fsp3) is 0. The molecule has 0 unspecified atom stereocenters. The summed E-state index contributed by atoms with van der Waals surface area (Å²) in [5.74, 6) is 2.43. The lowest BCUT2D eigenvalue weighted by molar-refractivity contribution is 0.669. The minimum atomic E-state index is -0.474. The predicted molar refractivity (Wildman–Crippen MR) is 465 cm³/mol. The Hall–Kier alpha value is -14.8. The molecule has 10 heteroatoms. The fourth-order valence-electron chi connectivity index (χ4n) is 17.2. The van der Waals surface area contributed by atoms with Crippen LogP contribution in [0.15, 0.2) is 368 Å². The van der Waals surface area contributed by atoms with Crippen molar-refractivity contribution in [1.29, 1.82) is 0 Å². The Labute approximate surface area is 653 Å². The number of hydrogen-bond donors (Lipinski definition) is 0. The van der Waals surface area contributed by atoms with Crippen molar-refractivity contribution in [3.05, 3.63) is 364 Å². The average Bonchev–Trinajstić information content (AvgIpc) is 1.69. The number of anilines is 6. The predicted octanol–water partition coefficient (Wildman–Crippen LogP) is 27.8. The average molecular weight is 1450 g/mol. The minimum absolute atomic E-state index is 0.00574. The molecule has 0 atom stereocenters. The van der Waals surface area contributed by atoms with Gasteiger partial charge < -0.3 is 14.2 Å². The lowest BCUT2D eigenvalue weighted by atomic mass is 9.87. The summed E-state index contributed by atoms with van der Waals surface area (Å²) in [5, 5.41) is 18.2. The molecule has 112 heavy (non-hydrogen) atoms. The van der Waals surface area contributed by atoms with E-state index in [9.17, 15) is 0 Å². The second-order valence-electron chi connectivity index (χ2n) is 28.4. The molecule has 18 aromatic carbocycles. The zero-order valence-electron chi connectivity index (χ0n) is 64.6. The monoisotopic (exact) mass is 1450 g/mol. The summed E-state index contributed by atoms with van der Waals surface area (Å²) in [6.07, 6.45) is 0. The largest absolute Gasteiger partial charge is 0.455 e. The molecule has 520 valence electrons. The first kappa shape index (κ1) is 58.3. The van der Waals surface area contributed by atoms with Gasteiger partial charge in [-0.3, -0.25) is 0 Å². The van der Waals surface area contributed by atoms with E-state index in [1.807, 2.05) is 84.9 Å². The standard InChI is InChI=1S/C51H30N4O.C51H30N4S/c1-2-14-33(15-3-1)49-52-50(54-51(53-49)41-24-12-22-38-37-21-8-9-26-45(37)56-48(38)41)39-28-30-42(36-20-7-6-19-35(36)39)55-43-25-11-17-32-16-10-23-40(46(32)43)47-34-18-5-4-13-31(34)27-29-44(47)55;1-2-12-33(13-3-1)49-52-50(54-51(53-49)36-24-27-40-39-18-6-7-22-45(39)56-46(40)30-36)35-23-26-37-34(29-35)16-10-20-42(37)55-43-21-9-15-32-14-8-19-41(47(32)43)48-38-17-5-4-11-31(38)25-28-44(48)55/h2*1-30H/i;1D,2D,3D,12D,13D. The summed E-state index contributed by atoms with van der Waals surface area (Å²) in [5.41, 5.74) is 17.2. The Morgan fingerprint density at radius 2 is 0.705 bits per heavy atom. The molecular formula is C102H60N8OS. The maximum Gasteiger partial charge on any atom is 0.167 e. The molecular weight excluding hydrogens is 1390 g/mol. The van der Waals surface area contributed by atoms with Crippen LogP contribution in [0.2, 0.25) is 0 Å². The van der Waals surface area contributed by atoms with Crippen molar-refractivity contribution in [2.24, 2.45) is 0 Å². The highest BCUT2D eigenvalue weighted by molar-refractivity contribution is 7.25. The first-order valence-corrected chi connectivity index (χ1v) is 38.1. The van der Waals surface area contributed by atoms with Gasteiger partial charge in [0, 0.05) is 91.4 Å². The molecule has 0 aliphatic carbocycles. The summed E-state index contributed by atoms with van der Waals surface area (Å²) in [6, 6.07) is 115. The van der Waals surface area contributed by atoms with Gasteiger partial charge in [-0.25, -0.2) is 29.9 Å². The molecule has 24 rings (SSSR count). The number of nitrogens with zero attached hydrogens (tertiary/aromatic N) is 8. The highest BCUT2D eigenvalue weighted by Crippen LogP contribution is 2.57. The molecule has 0 amide bonds. The quantitative estimate of drug-likeness (QED) is 0.147. The van der Waals surface area contributed by atoms with Crippen LogP contribution < -0.4 is 9.80 Å². The van der Waals surface area contributed by atoms with Crippen LogP contribution in [-0.4, -0.2) is 29.9 Å². The van der Waals surface area contributed by atoms with Crippen LogP contribution in [0, 0.1) is 0 Å². The molecule has 0 fully saturated rings. The highest BCUT2D eigenvalue weighted by Gasteiger charge is 2.32. The van der Waals surface area contributed by atoms with Gasteiger partial charge >= 0.3 is 0 Å². The Kier molecular flexibility index (Phi) is 13.2. The van der Waals surface area contributed by atoms with Gasteiger partial charge in [-0.1, -0.05) is 291 Å². The Bertz CT molecular complexity index is 7990. The molecule has 22 aromatic rings. The zero-order chi connectivity index (χ0) is 77.8. The number of benzene rings is 18. The van der Waals surface area contributed by atoms with Gasteiger partial charge in [-0.15, -0.1) is 11.3 Å². The van der Waals surface area contributed by atoms with E-state index in [4.69, 9.17) is 41.2 Å². The van der Waals surface area contributed by atoms with Crippen LogP contribution in [0.5, 0.6) is 0 Å². The van der Waals surface area contributed by atoms with Crippen LogP contribution >= 0.6 is 11.3 Å². The van der Waals surface area contributed by atoms with Gasteiger partial charge in [0.25, 0.3) is 0 Å². The molecule has 0 saturated heterocycles. The number of furan rings is 1. The molecule has 2 aliphatic rings. The number of thiophene rings is 1. The first-order chi connectivity index (χ1) is 57.6. The van der Waals surface area contributed by atoms with Gasteiger partial charge in [0.1, 0.15) is 11.2 Å². The summed E-state index contributed by atoms with van der Waals surface area (Å²) in [4.78, 5) is 35.0. The van der Waals surface area contributed by atoms with Crippen LogP contribution in [0.1, 0.15) is 6.85 Å². The minimum Gasteiger partial charge on any atom is -0.455 e. The molecule has 2 aliphatic heterocycles. The van der Waals surface area contributed by atoms with Crippen molar-refractivity contribution in [3.8, 4) is 90.6 Å². The lowest BCUT2D eigenvalue weighted by Crippen LogP contribution is -2.15. The number of para-hydroxylation sites is 2. The van der Waals surface area contributed by atoms with Crippen molar-refractivity contribution in [1.82, 2.24) is 29.9 Å². The van der Waals surface area contributed by atoms with Crippen molar-refractivity contribution in [2.75, 3.05) is 9.80 Å². The summed E-state index contributed by atoms with van der Waals surface area (Å²) < 4.78 is 51.5. The molecule has 4 aromatic heterocycles. The van der Waals surface area contributed by atoms with E-state index in [0.717, 1.165) is 110 Å². The van der Waals surface area contributed by atoms with Crippen molar-refractivity contribution in [2.45, 2.75) is 0 Å². The third-order valence-electron chi connectivity index (χ3n) is 22.1. The van der Waals surface area contributed by atoms with Gasteiger partial charge in [-0.2, -0.15) is 0 Å². The van der Waals surface area contributed by atoms with E-state index >= 15 is 0 Å². The zero-order valence-corrected chi connectivity index (χ0v) is 60.5. The van der Waals surface area contributed by atoms with Crippen LogP contribution in [0.25, 0.3) is 197 Å². The van der Waals surface area contributed by atoms with Crippen LogP contribution in [-0.2, 0) is 0 Å². The van der Waals surface area contributed by atoms with Gasteiger partial charge in [0.05, 0.1) is 46.5 Å². The van der Waals surface area contributed by atoms with Crippen LogP contribution in [0.3, 0.4) is 0 Å². The number of hydrogen-bond acceptors (Lipinski definition) is 10. The van der Waals surface area contributed by atoms with Crippen molar-refractivity contribution < 1.29 is 11.3 Å². The maximum absolute atomic E-state index is 8.83. The first-order valence-electron chi connectivity index (χ1n) is 39.8. The molecule has 9 nitrogen and oxygen atoms in total. The Morgan fingerprint density at radius 3 is 1.38 bits per heavy atom. The maximum atomic E-state index is 8.83. The topological polar surface area (TPSA) is 97.0 Å². The van der Waals surface area contributed by atoms with E-state index in [0.29, 0.717) is 34.7 Å². The lowest BCUT2D eigenvalue weighted by Gasteiger charge is -2.35. The van der Waals surface area contributed by atoms with Gasteiger partial charge in [0.2, 0.25) is 0 Å². The number of fused-ring (bicyclic) bond motifs is 16. The molecule has 0 N–H and O–H groups in total. The molecule has 0 radical (unpaired) electrons. The van der Waals surface area contributed by atoms with E-state index in [1.165, 1.54) is 75.4 Å². The highest BCUT2D eigenvalue weighted by atomic mass is 32.1. The molecule has 0 bridgehead atoms. The van der Waals surface area contributed by atoms with Gasteiger partial charge in [-0.05, 0) is 127 Å². The third kappa shape index (κ3) is 10.1. The van der Waals surface area contributed by atoms with Crippen molar-refractivity contribution >= 4 is 152 Å². The fourth-order valence-corrected chi connectivity index (χ4v) is 18.3. The second-order valence-corrected chi connectivity index (χ2v) is 29.4. The summed E-state index contributed by atoms with van der Waals surface area (Å²) in [6.45, 7) is 0. The van der Waals surface area contributed by atoms with E-state index < -0.39 is 18.1 Å². The second kappa shape index (κ2) is 25.4. The Balaban J connectivity index is 0.000000138. The molecule has 6 heterocycles. The van der Waals surface area contributed by atoms with Crippen LogP contribution in [0.4, 0.5) is 34.1 Å². The van der Waals surface area contributed by atoms with Crippen molar-refractivity contribution in [3.63, 3.8) is 0 Å². The summed E-state index contributed by atoms with van der Waals surface area (Å²) in [7, 11) is 0. The molecule has 0 saturated carbocycles.